The number of hydrogen-bond acceptors (Lipinski definition) is 6. The van der Waals surface area contributed by atoms with Gasteiger partial charge in [0.15, 0.2) is 0 Å². The summed E-state index contributed by atoms with van der Waals surface area (Å²) in [5.41, 5.74) is 0.541. The molecule has 2 heterocycles. The zero-order valence-corrected chi connectivity index (χ0v) is 19.6. The Balaban J connectivity index is 1.72. The highest BCUT2D eigenvalue weighted by Crippen LogP contribution is 2.43. The van der Waals surface area contributed by atoms with E-state index in [-0.39, 0.29) is 12.5 Å². The Labute approximate surface area is 195 Å². The summed E-state index contributed by atoms with van der Waals surface area (Å²) in [7, 11) is 0. The zero-order chi connectivity index (χ0) is 23.8. The highest BCUT2D eigenvalue weighted by Gasteiger charge is 2.51. The molecule has 4 atom stereocenters. The molecule has 1 amide bonds. The molecule has 0 aliphatic carbocycles. The number of nitrogens with zero attached hydrogens (tertiary/aromatic N) is 1. The van der Waals surface area contributed by atoms with Gasteiger partial charge in [0, 0.05) is 18.6 Å². The molecule has 1 aromatic rings. The molecule has 2 unspecified atom stereocenters. The maximum atomic E-state index is 13.4. The van der Waals surface area contributed by atoms with E-state index in [4.69, 9.17) is 9.47 Å². The van der Waals surface area contributed by atoms with Crippen LogP contribution in [0.4, 0.5) is 0 Å². The summed E-state index contributed by atoms with van der Waals surface area (Å²) in [5, 5.41) is 13.2. The van der Waals surface area contributed by atoms with Crippen LogP contribution in [0, 0.1) is 5.41 Å². The third kappa shape index (κ3) is 6.12. The highest BCUT2D eigenvalue weighted by molar-refractivity contribution is 5.88. The summed E-state index contributed by atoms with van der Waals surface area (Å²) >= 11 is 0. The molecule has 8 heteroatoms. The topological polar surface area (TPSA) is 105 Å². The lowest BCUT2D eigenvalue weighted by molar-refractivity contribution is -0.169. The van der Waals surface area contributed by atoms with Crippen LogP contribution in [0.25, 0.3) is 0 Å². The number of aryl methyl sites for hydroxylation is 1. The Kier molecular flexibility index (Phi) is 8.86. The number of aliphatic carboxylic acids is 1. The van der Waals surface area contributed by atoms with Gasteiger partial charge in [0.25, 0.3) is 0 Å². The quantitative estimate of drug-likeness (QED) is 0.545. The first-order valence-corrected chi connectivity index (χ1v) is 12.0. The Hall–Kier alpha value is -2.45. The number of piperidine rings is 1. The van der Waals surface area contributed by atoms with Gasteiger partial charge in [-0.15, -0.1) is 0 Å². The van der Waals surface area contributed by atoms with E-state index in [0.29, 0.717) is 32.6 Å². The van der Waals surface area contributed by atoms with Gasteiger partial charge in [0.2, 0.25) is 5.91 Å². The van der Waals surface area contributed by atoms with E-state index in [9.17, 15) is 19.5 Å². The minimum absolute atomic E-state index is 0.250. The highest BCUT2D eigenvalue weighted by atomic mass is 16.5. The minimum atomic E-state index is -0.994. The van der Waals surface area contributed by atoms with Crippen molar-refractivity contribution in [3.05, 3.63) is 35.9 Å². The number of carboxylic acid groups (broad SMARTS) is 1. The summed E-state index contributed by atoms with van der Waals surface area (Å²) in [5.74, 6) is -1.70. The molecule has 1 aromatic carbocycles. The van der Waals surface area contributed by atoms with Gasteiger partial charge >= 0.3 is 11.9 Å². The second-order valence-corrected chi connectivity index (χ2v) is 9.11. The Bertz CT molecular complexity index is 803. The maximum absolute atomic E-state index is 13.4. The number of carboxylic acids is 1. The molecule has 3 rings (SSSR count). The lowest BCUT2D eigenvalue weighted by Crippen LogP contribution is -2.63. The normalized spacial score (nSPS) is 24.8. The van der Waals surface area contributed by atoms with Crippen molar-refractivity contribution in [3.63, 3.8) is 0 Å². The van der Waals surface area contributed by atoms with E-state index in [0.717, 1.165) is 31.2 Å². The van der Waals surface area contributed by atoms with Crippen LogP contribution in [0.15, 0.2) is 30.3 Å². The van der Waals surface area contributed by atoms with Gasteiger partial charge in [-0.05, 0) is 57.9 Å². The molecule has 8 nitrogen and oxygen atoms in total. The minimum Gasteiger partial charge on any atom is -0.480 e. The molecular formula is C25H36N2O6. The van der Waals surface area contributed by atoms with E-state index < -0.39 is 35.5 Å². The molecule has 2 N–H and O–H groups in total. The Morgan fingerprint density at radius 2 is 1.97 bits per heavy atom. The summed E-state index contributed by atoms with van der Waals surface area (Å²) in [4.78, 5) is 39.8. The van der Waals surface area contributed by atoms with Crippen LogP contribution in [0.5, 0.6) is 0 Å². The first-order chi connectivity index (χ1) is 15.9. The third-order valence-electron chi connectivity index (χ3n) is 6.79. The fourth-order valence-corrected chi connectivity index (χ4v) is 5.21. The molecule has 2 aliphatic heterocycles. The SMILES string of the molecule is CCOC(=O)[C@H](CCc1ccccc1)NC(C)C(=O)N1CCCC2(CCCOC2)[C@H]1C(=O)O. The Morgan fingerprint density at radius 3 is 2.61 bits per heavy atom. The van der Waals surface area contributed by atoms with Crippen molar-refractivity contribution in [2.24, 2.45) is 5.41 Å². The van der Waals surface area contributed by atoms with Crippen molar-refractivity contribution in [2.75, 3.05) is 26.4 Å². The van der Waals surface area contributed by atoms with Gasteiger partial charge < -0.3 is 19.5 Å². The number of nitrogens with one attached hydrogen (secondary N) is 1. The molecule has 2 saturated heterocycles. The molecule has 0 radical (unpaired) electrons. The number of likely N-dealkylation sites (tertiary alicyclic amines) is 1. The van der Waals surface area contributed by atoms with Crippen LogP contribution in [-0.2, 0) is 30.3 Å². The number of ether oxygens (including phenoxy) is 2. The van der Waals surface area contributed by atoms with E-state index in [1.54, 1.807) is 13.8 Å². The fraction of sp³-hybridized carbons (Fsp3) is 0.640. The van der Waals surface area contributed by atoms with Gasteiger partial charge in [-0.25, -0.2) is 4.79 Å². The van der Waals surface area contributed by atoms with Crippen molar-refractivity contribution in [1.82, 2.24) is 10.2 Å². The van der Waals surface area contributed by atoms with Gasteiger partial charge in [-0.1, -0.05) is 30.3 Å². The molecular weight excluding hydrogens is 424 g/mol. The van der Waals surface area contributed by atoms with Gasteiger partial charge in [0.05, 0.1) is 19.3 Å². The van der Waals surface area contributed by atoms with Crippen LogP contribution < -0.4 is 5.32 Å². The van der Waals surface area contributed by atoms with Crippen molar-refractivity contribution in [3.8, 4) is 0 Å². The molecule has 2 fully saturated rings. The van der Waals surface area contributed by atoms with Gasteiger partial charge in [-0.3, -0.25) is 14.9 Å². The van der Waals surface area contributed by atoms with Crippen LogP contribution in [0.1, 0.15) is 51.5 Å². The molecule has 2 aliphatic rings. The van der Waals surface area contributed by atoms with Crippen LogP contribution in [0.3, 0.4) is 0 Å². The average Bonchev–Trinajstić information content (AvgIpc) is 2.82. The number of rotatable bonds is 9. The lowest BCUT2D eigenvalue weighted by atomic mass is 9.69. The predicted octanol–water partition coefficient (Wildman–Crippen LogP) is 2.40. The number of carbonyl (C=O) groups is 3. The summed E-state index contributed by atoms with van der Waals surface area (Å²) in [6.07, 6.45) is 4.13. The smallest absolute Gasteiger partial charge is 0.327 e. The second-order valence-electron chi connectivity index (χ2n) is 9.11. The van der Waals surface area contributed by atoms with Gasteiger partial charge in [-0.2, -0.15) is 0 Å². The largest absolute Gasteiger partial charge is 0.480 e. The molecule has 0 bridgehead atoms. The number of amides is 1. The molecule has 0 saturated carbocycles. The summed E-state index contributed by atoms with van der Waals surface area (Å²) in [6.45, 7) is 5.06. The van der Waals surface area contributed by atoms with E-state index in [1.807, 2.05) is 30.3 Å². The molecule has 182 valence electrons. The third-order valence-corrected chi connectivity index (χ3v) is 6.79. The van der Waals surface area contributed by atoms with Crippen molar-refractivity contribution in [1.29, 1.82) is 0 Å². The first kappa shape index (κ1) is 25.2. The van der Waals surface area contributed by atoms with Crippen molar-refractivity contribution >= 4 is 17.8 Å². The van der Waals surface area contributed by atoms with E-state index in [2.05, 4.69) is 5.32 Å². The second kappa shape index (κ2) is 11.6. The number of benzene rings is 1. The van der Waals surface area contributed by atoms with Crippen LogP contribution >= 0.6 is 0 Å². The van der Waals surface area contributed by atoms with Crippen molar-refractivity contribution in [2.45, 2.75) is 70.5 Å². The number of esters is 1. The van der Waals surface area contributed by atoms with Crippen LogP contribution in [-0.4, -0.2) is 72.3 Å². The monoisotopic (exact) mass is 460 g/mol. The standard InChI is InChI=1S/C25H36N2O6/c1-3-33-24(31)20(12-11-19-9-5-4-6-10-19)26-18(2)22(28)27-15-7-13-25(21(27)23(29)30)14-8-16-32-17-25/h4-6,9-10,18,20-21,26H,3,7-8,11-17H2,1-2H3,(H,29,30)/t18?,20-,21+,25?/m0/s1. The van der Waals surface area contributed by atoms with Gasteiger partial charge in [0.1, 0.15) is 12.1 Å². The number of hydrogen-bond donors (Lipinski definition) is 2. The van der Waals surface area contributed by atoms with Crippen LogP contribution in [0.2, 0.25) is 0 Å². The summed E-state index contributed by atoms with van der Waals surface area (Å²) < 4.78 is 10.9. The fourth-order valence-electron chi connectivity index (χ4n) is 5.21. The molecule has 33 heavy (non-hydrogen) atoms. The van der Waals surface area contributed by atoms with E-state index in [1.165, 1.54) is 4.90 Å². The molecule has 1 spiro atoms. The maximum Gasteiger partial charge on any atom is 0.327 e. The zero-order valence-electron chi connectivity index (χ0n) is 19.6. The molecule has 0 aromatic heterocycles. The first-order valence-electron chi connectivity index (χ1n) is 12.0. The predicted molar refractivity (Wildman–Crippen MR) is 123 cm³/mol. The van der Waals surface area contributed by atoms with E-state index >= 15 is 0 Å². The Morgan fingerprint density at radius 1 is 1.24 bits per heavy atom. The number of carbonyl (C=O) groups excluding carboxylic acids is 2. The summed E-state index contributed by atoms with van der Waals surface area (Å²) in [6, 6.07) is 7.51. The lowest BCUT2D eigenvalue weighted by Gasteiger charge is -2.50. The average molecular weight is 461 g/mol. The van der Waals surface area contributed by atoms with Crippen molar-refractivity contribution < 1.29 is 29.0 Å².